The van der Waals surface area contributed by atoms with E-state index in [1.165, 1.54) is 10.5 Å². The first-order valence-electron chi connectivity index (χ1n) is 5.25. The monoisotopic (exact) mass is 233 g/mol. The molecular formula is C13H15NOS. The van der Waals surface area contributed by atoms with Gasteiger partial charge in [-0.15, -0.1) is 0 Å². The number of aryl methyl sites for hydroxylation is 1. The maximum atomic E-state index is 5.94. The van der Waals surface area contributed by atoms with Crippen molar-refractivity contribution in [2.75, 3.05) is 0 Å². The highest BCUT2D eigenvalue weighted by Gasteiger charge is 2.09. The summed E-state index contributed by atoms with van der Waals surface area (Å²) in [5.41, 5.74) is 7.12. The molecular weight excluding hydrogens is 218 g/mol. The molecule has 0 aliphatic heterocycles. The molecule has 0 saturated carbocycles. The van der Waals surface area contributed by atoms with Crippen LogP contribution in [0.5, 0.6) is 0 Å². The Morgan fingerprint density at radius 3 is 2.56 bits per heavy atom. The Balaban J connectivity index is 2.31. The zero-order valence-electron chi connectivity index (χ0n) is 9.44. The summed E-state index contributed by atoms with van der Waals surface area (Å²) in [6, 6.07) is 10.3. The van der Waals surface area contributed by atoms with Crippen molar-refractivity contribution in [3.8, 4) is 0 Å². The Morgan fingerprint density at radius 2 is 1.94 bits per heavy atom. The third-order valence-corrected chi connectivity index (χ3v) is 3.68. The number of hydrogen-bond acceptors (Lipinski definition) is 3. The van der Waals surface area contributed by atoms with Crippen LogP contribution < -0.4 is 5.73 Å². The molecule has 0 bridgehead atoms. The largest absolute Gasteiger partial charge is 0.468 e. The van der Waals surface area contributed by atoms with Crippen molar-refractivity contribution < 1.29 is 4.42 Å². The van der Waals surface area contributed by atoms with E-state index in [9.17, 15) is 0 Å². The molecule has 2 aromatic rings. The van der Waals surface area contributed by atoms with E-state index in [2.05, 4.69) is 12.1 Å². The number of nitrogens with two attached hydrogens (primary N) is 1. The minimum atomic E-state index is 0.0518. The molecule has 2 rings (SSSR count). The van der Waals surface area contributed by atoms with Crippen molar-refractivity contribution in [1.82, 2.24) is 0 Å². The summed E-state index contributed by atoms with van der Waals surface area (Å²) in [6.07, 6.45) is 1.71. The average Bonchev–Trinajstić information content (AvgIpc) is 2.65. The van der Waals surface area contributed by atoms with Crippen molar-refractivity contribution in [2.45, 2.75) is 29.7 Å². The Kier molecular flexibility index (Phi) is 3.36. The normalized spacial score (nSPS) is 12.7. The summed E-state index contributed by atoms with van der Waals surface area (Å²) in [7, 11) is 0. The predicted octanol–water partition coefficient (Wildman–Crippen LogP) is 3.76. The molecule has 1 aromatic carbocycles. The van der Waals surface area contributed by atoms with E-state index >= 15 is 0 Å². The summed E-state index contributed by atoms with van der Waals surface area (Å²) in [5, 5.41) is 0. The third kappa shape index (κ3) is 2.31. The molecule has 0 unspecified atom stereocenters. The highest BCUT2D eigenvalue weighted by molar-refractivity contribution is 7.99. The number of benzene rings is 1. The molecule has 0 radical (unpaired) electrons. The van der Waals surface area contributed by atoms with Crippen LogP contribution >= 0.6 is 11.8 Å². The first-order valence-corrected chi connectivity index (χ1v) is 6.06. The van der Waals surface area contributed by atoms with E-state index in [0.29, 0.717) is 0 Å². The lowest BCUT2D eigenvalue weighted by molar-refractivity contribution is 0.527. The summed E-state index contributed by atoms with van der Waals surface area (Å²) >= 11 is 1.70. The maximum absolute atomic E-state index is 5.94. The molecule has 3 heteroatoms. The Bertz CT molecular complexity index is 476. The van der Waals surface area contributed by atoms with E-state index in [1.807, 2.05) is 32.0 Å². The first kappa shape index (κ1) is 11.3. The molecule has 16 heavy (non-hydrogen) atoms. The van der Waals surface area contributed by atoms with E-state index in [0.717, 1.165) is 10.7 Å². The lowest BCUT2D eigenvalue weighted by Crippen LogP contribution is -2.05. The van der Waals surface area contributed by atoms with Crippen LogP contribution in [-0.2, 0) is 0 Å². The first-order chi connectivity index (χ1) is 7.68. The lowest BCUT2D eigenvalue weighted by Gasteiger charge is -2.11. The molecule has 2 N–H and O–H groups in total. The van der Waals surface area contributed by atoms with E-state index in [1.54, 1.807) is 18.0 Å². The fraction of sp³-hybridized carbons (Fsp3) is 0.231. The molecule has 1 atom stereocenters. The predicted molar refractivity (Wildman–Crippen MR) is 66.6 cm³/mol. The highest BCUT2D eigenvalue weighted by Crippen LogP contribution is 2.34. The van der Waals surface area contributed by atoms with Gasteiger partial charge in [0.1, 0.15) is 5.76 Å². The van der Waals surface area contributed by atoms with Crippen molar-refractivity contribution in [2.24, 2.45) is 5.73 Å². The Labute approximate surface area is 99.8 Å². The second-order valence-corrected chi connectivity index (χ2v) is 4.85. The Hall–Kier alpha value is -1.19. The number of furan rings is 1. The van der Waals surface area contributed by atoms with Crippen LogP contribution in [0.2, 0.25) is 0 Å². The summed E-state index contributed by atoms with van der Waals surface area (Å²) in [4.78, 5) is 2.34. The second kappa shape index (κ2) is 4.76. The maximum Gasteiger partial charge on any atom is 0.114 e. The van der Waals surface area contributed by atoms with Crippen LogP contribution in [0.25, 0.3) is 0 Å². The number of rotatable bonds is 3. The van der Waals surface area contributed by atoms with Gasteiger partial charge in [-0.1, -0.05) is 30.0 Å². The van der Waals surface area contributed by atoms with Crippen molar-refractivity contribution in [1.29, 1.82) is 0 Å². The lowest BCUT2D eigenvalue weighted by atomic mass is 10.1. The SMILES string of the molecule is Cc1occc1Sc1ccccc1[C@@H](C)N. The molecule has 1 aromatic heterocycles. The van der Waals surface area contributed by atoms with Gasteiger partial charge in [-0.3, -0.25) is 0 Å². The van der Waals surface area contributed by atoms with Crippen LogP contribution in [0, 0.1) is 6.92 Å². The standard InChI is InChI=1S/C13H15NOS/c1-9(14)11-5-3-4-6-13(11)16-12-7-8-15-10(12)2/h3-9H,14H2,1-2H3/t9-/m1/s1. The quantitative estimate of drug-likeness (QED) is 0.877. The molecule has 0 aliphatic rings. The molecule has 2 nitrogen and oxygen atoms in total. The minimum absolute atomic E-state index is 0.0518. The van der Waals surface area contributed by atoms with Crippen LogP contribution in [0.1, 0.15) is 24.3 Å². The summed E-state index contributed by atoms with van der Waals surface area (Å²) in [5.74, 6) is 0.949. The molecule has 0 amide bonds. The zero-order chi connectivity index (χ0) is 11.5. The summed E-state index contributed by atoms with van der Waals surface area (Å²) in [6.45, 7) is 3.97. The van der Waals surface area contributed by atoms with Gasteiger partial charge in [0.15, 0.2) is 0 Å². The minimum Gasteiger partial charge on any atom is -0.468 e. The van der Waals surface area contributed by atoms with Gasteiger partial charge in [0.05, 0.1) is 11.2 Å². The Morgan fingerprint density at radius 1 is 1.19 bits per heavy atom. The summed E-state index contributed by atoms with van der Waals surface area (Å²) < 4.78 is 5.28. The third-order valence-electron chi connectivity index (χ3n) is 2.44. The van der Waals surface area contributed by atoms with Gasteiger partial charge in [0.2, 0.25) is 0 Å². The average molecular weight is 233 g/mol. The smallest absolute Gasteiger partial charge is 0.114 e. The van der Waals surface area contributed by atoms with Crippen LogP contribution in [0.15, 0.2) is 50.8 Å². The van der Waals surface area contributed by atoms with Crippen molar-refractivity contribution in [3.05, 3.63) is 47.9 Å². The molecule has 1 heterocycles. The van der Waals surface area contributed by atoms with Gasteiger partial charge in [0.25, 0.3) is 0 Å². The van der Waals surface area contributed by atoms with E-state index in [-0.39, 0.29) is 6.04 Å². The van der Waals surface area contributed by atoms with Crippen LogP contribution in [-0.4, -0.2) is 0 Å². The second-order valence-electron chi connectivity index (χ2n) is 3.77. The van der Waals surface area contributed by atoms with Gasteiger partial charge < -0.3 is 10.2 Å². The van der Waals surface area contributed by atoms with Gasteiger partial charge in [0, 0.05) is 10.9 Å². The fourth-order valence-corrected chi connectivity index (χ4v) is 2.62. The molecule has 0 fully saturated rings. The van der Waals surface area contributed by atoms with Crippen molar-refractivity contribution in [3.63, 3.8) is 0 Å². The fourth-order valence-electron chi connectivity index (χ4n) is 1.55. The van der Waals surface area contributed by atoms with Gasteiger partial charge in [-0.25, -0.2) is 0 Å². The van der Waals surface area contributed by atoms with Gasteiger partial charge in [-0.2, -0.15) is 0 Å². The van der Waals surface area contributed by atoms with Crippen LogP contribution in [0.3, 0.4) is 0 Å². The van der Waals surface area contributed by atoms with Crippen LogP contribution in [0.4, 0.5) is 0 Å². The van der Waals surface area contributed by atoms with Gasteiger partial charge in [-0.05, 0) is 31.5 Å². The topological polar surface area (TPSA) is 39.2 Å². The molecule has 84 valence electrons. The number of hydrogen-bond donors (Lipinski definition) is 1. The van der Waals surface area contributed by atoms with E-state index < -0.39 is 0 Å². The van der Waals surface area contributed by atoms with Crippen molar-refractivity contribution >= 4 is 11.8 Å². The van der Waals surface area contributed by atoms with Gasteiger partial charge >= 0.3 is 0 Å². The molecule has 0 aliphatic carbocycles. The highest BCUT2D eigenvalue weighted by atomic mass is 32.2. The zero-order valence-corrected chi connectivity index (χ0v) is 10.3. The van der Waals surface area contributed by atoms with E-state index in [4.69, 9.17) is 10.2 Å². The molecule has 0 spiro atoms. The molecule has 0 saturated heterocycles.